The third-order valence-corrected chi connectivity index (χ3v) is 5.81. The number of imidazole rings is 1. The van der Waals surface area contributed by atoms with Crippen molar-refractivity contribution in [3.8, 4) is 11.4 Å². The van der Waals surface area contributed by atoms with Crippen LogP contribution in [0, 0.1) is 6.92 Å². The van der Waals surface area contributed by atoms with Gasteiger partial charge in [-0.15, -0.1) is 0 Å². The maximum atomic E-state index is 11.4. The third kappa shape index (κ3) is 5.10. The first-order chi connectivity index (χ1) is 16.1. The highest BCUT2D eigenvalue weighted by atomic mass is 16.5. The quantitative estimate of drug-likeness (QED) is 0.225. The number of hydroxylamine groups is 1. The molecule has 0 saturated carbocycles. The average Bonchev–Trinajstić information content (AvgIpc) is 3.19. The Labute approximate surface area is 194 Å². The minimum atomic E-state index is -0.569. The van der Waals surface area contributed by atoms with Gasteiger partial charge in [-0.3, -0.25) is 10.0 Å². The van der Waals surface area contributed by atoms with Crippen molar-refractivity contribution in [3.63, 3.8) is 0 Å². The lowest BCUT2D eigenvalue weighted by atomic mass is 10.1. The zero-order valence-electron chi connectivity index (χ0n) is 18.8. The normalized spacial score (nSPS) is 12.1. The number of rotatable bonds is 7. The number of carbonyl (C=O) groups excluding carboxylic acids is 1. The minimum Gasteiger partial charge on any atom is -0.321 e. The lowest BCUT2D eigenvalue weighted by Crippen LogP contribution is -2.14. The van der Waals surface area contributed by atoms with E-state index in [2.05, 4.69) is 54.8 Å². The number of amides is 1. The van der Waals surface area contributed by atoms with Crippen molar-refractivity contribution in [2.24, 2.45) is 0 Å². The van der Waals surface area contributed by atoms with E-state index < -0.39 is 5.91 Å². The summed E-state index contributed by atoms with van der Waals surface area (Å²) >= 11 is 0. The zero-order valence-corrected chi connectivity index (χ0v) is 18.8. The van der Waals surface area contributed by atoms with Crippen LogP contribution in [0.4, 0.5) is 0 Å². The highest BCUT2D eigenvalue weighted by Crippen LogP contribution is 2.31. The molecule has 4 rings (SSSR count). The molecule has 0 saturated heterocycles. The molecule has 1 aromatic heterocycles. The molecule has 1 amide bonds. The van der Waals surface area contributed by atoms with Crippen LogP contribution in [0.1, 0.15) is 41.0 Å². The average molecular weight is 438 g/mol. The van der Waals surface area contributed by atoms with E-state index in [1.165, 1.54) is 17.2 Å². The van der Waals surface area contributed by atoms with Crippen molar-refractivity contribution in [3.05, 3.63) is 119 Å². The van der Waals surface area contributed by atoms with Crippen LogP contribution in [0.3, 0.4) is 0 Å². The van der Waals surface area contributed by atoms with Crippen LogP contribution in [0.25, 0.3) is 17.5 Å². The van der Waals surface area contributed by atoms with Crippen LogP contribution >= 0.6 is 0 Å². The lowest BCUT2D eigenvalue weighted by Gasteiger charge is -2.19. The standard InChI is InChI=1S/C28H27N3O2/c1-20(24-13-7-4-8-14-24)31-21(2)26(19-22-10-5-3-6-11-22)29-28(31)25-15-9-12-23(18-25)16-17-27(32)30-33/h3-18,20,33H,19H2,1-2H3,(H,30,32). The highest BCUT2D eigenvalue weighted by molar-refractivity contribution is 5.91. The summed E-state index contributed by atoms with van der Waals surface area (Å²) in [5.41, 5.74) is 8.03. The molecule has 0 aliphatic heterocycles. The molecule has 0 aliphatic carbocycles. The van der Waals surface area contributed by atoms with Gasteiger partial charge in [-0.25, -0.2) is 10.5 Å². The Kier molecular flexibility index (Phi) is 6.81. The molecule has 3 aromatic carbocycles. The van der Waals surface area contributed by atoms with Crippen LogP contribution in [0.5, 0.6) is 0 Å². The molecule has 0 aliphatic rings. The summed E-state index contributed by atoms with van der Waals surface area (Å²) < 4.78 is 2.29. The second-order valence-electron chi connectivity index (χ2n) is 8.02. The summed E-state index contributed by atoms with van der Waals surface area (Å²) in [4.78, 5) is 16.5. The molecule has 0 radical (unpaired) electrons. The van der Waals surface area contributed by atoms with Crippen molar-refractivity contribution < 1.29 is 10.0 Å². The van der Waals surface area contributed by atoms with Crippen LogP contribution in [0.15, 0.2) is 91.0 Å². The molecule has 1 unspecified atom stereocenters. The zero-order chi connectivity index (χ0) is 23.2. The molecule has 4 aromatic rings. The predicted octanol–water partition coefficient (Wildman–Crippen LogP) is 5.58. The van der Waals surface area contributed by atoms with Gasteiger partial charge in [-0.05, 0) is 42.7 Å². The number of carbonyl (C=O) groups is 1. The first kappa shape index (κ1) is 22.2. The topological polar surface area (TPSA) is 67.2 Å². The van der Waals surface area contributed by atoms with Crippen LogP contribution in [-0.2, 0) is 11.2 Å². The molecule has 5 nitrogen and oxygen atoms in total. The van der Waals surface area contributed by atoms with E-state index in [1.54, 1.807) is 11.6 Å². The van der Waals surface area contributed by atoms with Crippen molar-refractivity contribution in [2.75, 3.05) is 0 Å². The number of nitrogens with zero attached hydrogens (tertiary/aromatic N) is 2. The maximum Gasteiger partial charge on any atom is 0.267 e. The molecule has 5 heteroatoms. The Morgan fingerprint density at radius 1 is 1.03 bits per heavy atom. The van der Waals surface area contributed by atoms with E-state index in [9.17, 15) is 4.79 Å². The SMILES string of the molecule is Cc1c(Cc2ccccc2)nc(-c2cccc(C=CC(=O)NO)c2)n1C(C)c1ccccc1. The van der Waals surface area contributed by atoms with E-state index in [1.807, 2.05) is 48.5 Å². The van der Waals surface area contributed by atoms with Gasteiger partial charge >= 0.3 is 0 Å². The lowest BCUT2D eigenvalue weighted by molar-refractivity contribution is -0.124. The summed E-state index contributed by atoms with van der Waals surface area (Å²) in [5.74, 6) is 0.317. The van der Waals surface area contributed by atoms with Gasteiger partial charge in [-0.1, -0.05) is 78.9 Å². The minimum absolute atomic E-state index is 0.0950. The Morgan fingerprint density at radius 2 is 1.73 bits per heavy atom. The van der Waals surface area contributed by atoms with Gasteiger partial charge in [-0.2, -0.15) is 0 Å². The molecule has 1 heterocycles. The fourth-order valence-corrected chi connectivity index (χ4v) is 4.07. The predicted molar refractivity (Wildman–Crippen MR) is 131 cm³/mol. The van der Waals surface area contributed by atoms with E-state index in [4.69, 9.17) is 10.2 Å². The molecule has 0 bridgehead atoms. The highest BCUT2D eigenvalue weighted by Gasteiger charge is 2.21. The van der Waals surface area contributed by atoms with Crippen LogP contribution in [-0.4, -0.2) is 20.7 Å². The summed E-state index contributed by atoms with van der Waals surface area (Å²) in [7, 11) is 0. The Bertz CT molecular complexity index is 1260. The van der Waals surface area contributed by atoms with E-state index in [0.29, 0.717) is 0 Å². The van der Waals surface area contributed by atoms with Crippen molar-refractivity contribution >= 4 is 12.0 Å². The van der Waals surface area contributed by atoms with Gasteiger partial charge in [0.2, 0.25) is 0 Å². The van der Waals surface area contributed by atoms with Gasteiger partial charge in [0.05, 0.1) is 11.7 Å². The number of aromatic nitrogens is 2. The van der Waals surface area contributed by atoms with Crippen LogP contribution in [0.2, 0.25) is 0 Å². The molecule has 33 heavy (non-hydrogen) atoms. The maximum absolute atomic E-state index is 11.4. The van der Waals surface area contributed by atoms with Crippen LogP contribution < -0.4 is 5.48 Å². The number of hydrogen-bond donors (Lipinski definition) is 2. The second kappa shape index (κ2) is 10.1. The van der Waals surface area contributed by atoms with Gasteiger partial charge < -0.3 is 4.57 Å². The summed E-state index contributed by atoms with van der Waals surface area (Å²) in [6.07, 6.45) is 3.72. The van der Waals surface area contributed by atoms with Gasteiger partial charge in [0.25, 0.3) is 5.91 Å². The second-order valence-corrected chi connectivity index (χ2v) is 8.02. The molecule has 0 spiro atoms. The van der Waals surface area contributed by atoms with Gasteiger partial charge in [0, 0.05) is 23.8 Å². The molecule has 0 fully saturated rings. The Balaban J connectivity index is 1.80. The molecule has 166 valence electrons. The number of hydrogen-bond acceptors (Lipinski definition) is 3. The third-order valence-electron chi connectivity index (χ3n) is 5.81. The molecule has 2 N–H and O–H groups in total. The van der Waals surface area contributed by atoms with E-state index in [-0.39, 0.29) is 6.04 Å². The monoisotopic (exact) mass is 437 g/mol. The number of nitrogens with one attached hydrogen (secondary N) is 1. The fraction of sp³-hybridized carbons (Fsp3) is 0.143. The fourth-order valence-electron chi connectivity index (χ4n) is 4.07. The van der Waals surface area contributed by atoms with Crippen molar-refractivity contribution in [1.82, 2.24) is 15.0 Å². The number of benzene rings is 3. The largest absolute Gasteiger partial charge is 0.321 e. The summed E-state index contributed by atoms with van der Waals surface area (Å²) in [6.45, 7) is 4.32. The summed E-state index contributed by atoms with van der Waals surface area (Å²) in [6, 6.07) is 28.8. The van der Waals surface area contributed by atoms with Gasteiger partial charge in [0.15, 0.2) is 0 Å². The molecular formula is C28H27N3O2. The summed E-state index contributed by atoms with van der Waals surface area (Å²) in [5, 5.41) is 8.74. The first-order valence-corrected chi connectivity index (χ1v) is 11.0. The Hall–Kier alpha value is -3.96. The van der Waals surface area contributed by atoms with Crippen molar-refractivity contribution in [1.29, 1.82) is 0 Å². The first-order valence-electron chi connectivity index (χ1n) is 11.0. The van der Waals surface area contributed by atoms with Gasteiger partial charge in [0.1, 0.15) is 5.82 Å². The van der Waals surface area contributed by atoms with Crippen molar-refractivity contribution in [2.45, 2.75) is 26.3 Å². The molecule has 1 atom stereocenters. The Morgan fingerprint density at radius 3 is 2.42 bits per heavy atom. The smallest absolute Gasteiger partial charge is 0.267 e. The molecular weight excluding hydrogens is 410 g/mol. The van der Waals surface area contributed by atoms with E-state index >= 15 is 0 Å². The van der Waals surface area contributed by atoms with E-state index in [0.717, 1.165) is 34.8 Å².